The molecule has 0 bridgehead atoms. The maximum absolute atomic E-state index is 9.58. The summed E-state index contributed by atoms with van der Waals surface area (Å²) in [5, 5.41) is 45.8. The van der Waals surface area contributed by atoms with Crippen LogP contribution in [-0.2, 0) is 4.74 Å². The van der Waals surface area contributed by atoms with Crippen molar-refractivity contribution in [3.05, 3.63) is 0 Å². The van der Waals surface area contributed by atoms with Crippen LogP contribution in [0, 0.1) is 0 Å². The van der Waals surface area contributed by atoms with Gasteiger partial charge in [0.25, 0.3) is 0 Å². The van der Waals surface area contributed by atoms with E-state index in [0.29, 0.717) is 0 Å². The van der Waals surface area contributed by atoms with Gasteiger partial charge in [0.15, 0.2) is 6.29 Å². The number of ether oxygens (including phenoxy) is 1. The van der Waals surface area contributed by atoms with Gasteiger partial charge in [0.1, 0.15) is 23.9 Å². The van der Waals surface area contributed by atoms with Crippen molar-refractivity contribution in [2.24, 2.45) is 0 Å². The molecule has 1 aliphatic heterocycles. The second-order valence-electron chi connectivity index (χ2n) is 3.36. The van der Waals surface area contributed by atoms with E-state index in [4.69, 9.17) is 15.3 Å². The Morgan fingerprint density at radius 1 is 1.31 bits per heavy atom. The van der Waals surface area contributed by atoms with Gasteiger partial charge < -0.3 is 30.3 Å². The Morgan fingerprint density at radius 3 is 2.31 bits per heavy atom. The Hall–Kier alpha value is -0.240. The summed E-state index contributed by atoms with van der Waals surface area (Å²) in [5.74, 6) is 0. The molecule has 6 nitrogen and oxygen atoms in total. The summed E-state index contributed by atoms with van der Waals surface area (Å²) in [6.45, 7) is 0.668. The highest BCUT2D eigenvalue weighted by Gasteiger charge is 2.51. The monoisotopic (exact) mass is 194 g/mol. The number of hydrogen-bond acceptors (Lipinski definition) is 6. The van der Waals surface area contributed by atoms with Gasteiger partial charge in [-0.3, -0.25) is 0 Å². The van der Waals surface area contributed by atoms with Gasteiger partial charge in [-0.2, -0.15) is 0 Å². The number of rotatable bonds is 1. The van der Waals surface area contributed by atoms with Crippen LogP contribution in [-0.4, -0.2) is 62.3 Å². The second-order valence-corrected chi connectivity index (χ2v) is 3.36. The van der Waals surface area contributed by atoms with Crippen LogP contribution in [0.5, 0.6) is 0 Å². The molecule has 5 N–H and O–H groups in total. The average molecular weight is 194 g/mol. The fourth-order valence-corrected chi connectivity index (χ4v) is 1.31. The zero-order valence-corrected chi connectivity index (χ0v) is 7.16. The summed E-state index contributed by atoms with van der Waals surface area (Å²) in [4.78, 5) is 0. The minimum atomic E-state index is -1.77. The molecule has 0 amide bonds. The largest absolute Gasteiger partial charge is 0.394 e. The van der Waals surface area contributed by atoms with Crippen LogP contribution < -0.4 is 0 Å². The van der Waals surface area contributed by atoms with E-state index < -0.39 is 36.8 Å². The Morgan fingerprint density at radius 2 is 1.85 bits per heavy atom. The second kappa shape index (κ2) is 3.49. The highest BCUT2D eigenvalue weighted by molar-refractivity contribution is 4.98. The van der Waals surface area contributed by atoms with Crippen LogP contribution >= 0.6 is 0 Å². The van der Waals surface area contributed by atoms with Crippen molar-refractivity contribution in [3.8, 4) is 0 Å². The quantitative estimate of drug-likeness (QED) is 0.308. The molecule has 1 heterocycles. The van der Waals surface area contributed by atoms with Crippen LogP contribution in [0.25, 0.3) is 0 Å². The first-order valence-electron chi connectivity index (χ1n) is 3.94. The molecule has 0 aromatic carbocycles. The summed E-state index contributed by atoms with van der Waals surface area (Å²) >= 11 is 0. The predicted octanol–water partition coefficient (Wildman–Crippen LogP) is -2.83. The van der Waals surface area contributed by atoms with Crippen LogP contribution in [0.3, 0.4) is 0 Å². The first kappa shape index (κ1) is 10.8. The standard InChI is InChI=1S/C7H14O6/c1-7(12)3(2-8)13-6(11)4(9)5(7)10/h3-6,8-12H,2H2,1H3/t3?,4?,5?,6-,7?/m1/s1. The Bertz CT molecular complexity index is 178. The molecule has 78 valence electrons. The molecule has 0 saturated carbocycles. The van der Waals surface area contributed by atoms with Gasteiger partial charge in [-0.05, 0) is 6.92 Å². The van der Waals surface area contributed by atoms with E-state index in [1.54, 1.807) is 0 Å². The van der Waals surface area contributed by atoms with Crippen LogP contribution in [0.15, 0.2) is 0 Å². The van der Waals surface area contributed by atoms with Gasteiger partial charge in [0.2, 0.25) is 0 Å². The van der Waals surface area contributed by atoms with E-state index in [9.17, 15) is 10.2 Å². The highest BCUT2D eigenvalue weighted by Crippen LogP contribution is 2.28. The minimum Gasteiger partial charge on any atom is -0.394 e. The van der Waals surface area contributed by atoms with Gasteiger partial charge >= 0.3 is 0 Å². The van der Waals surface area contributed by atoms with Crippen molar-refractivity contribution in [1.82, 2.24) is 0 Å². The maximum atomic E-state index is 9.58. The SMILES string of the molecule is CC1(O)C(CO)O[C@@H](O)C(O)C1O. The third-order valence-corrected chi connectivity index (χ3v) is 2.34. The highest BCUT2D eigenvalue weighted by atomic mass is 16.6. The maximum Gasteiger partial charge on any atom is 0.184 e. The van der Waals surface area contributed by atoms with Crippen molar-refractivity contribution >= 4 is 0 Å². The molecule has 0 radical (unpaired) electrons. The molecule has 0 aromatic heterocycles. The number of aliphatic hydroxyl groups excluding tert-OH is 4. The van der Waals surface area contributed by atoms with Gasteiger partial charge in [-0.25, -0.2) is 0 Å². The fourth-order valence-electron chi connectivity index (χ4n) is 1.31. The third-order valence-electron chi connectivity index (χ3n) is 2.34. The van der Waals surface area contributed by atoms with Crippen molar-refractivity contribution in [2.75, 3.05) is 6.61 Å². The van der Waals surface area contributed by atoms with E-state index >= 15 is 0 Å². The predicted molar refractivity (Wildman–Crippen MR) is 40.6 cm³/mol. The Kier molecular flexibility index (Phi) is 2.91. The Labute approximate surface area is 75.0 Å². The lowest BCUT2D eigenvalue weighted by Gasteiger charge is -2.44. The summed E-state index contributed by atoms with van der Waals surface area (Å²) < 4.78 is 4.68. The third kappa shape index (κ3) is 1.69. The first-order valence-corrected chi connectivity index (χ1v) is 3.94. The van der Waals surface area contributed by atoms with E-state index in [0.717, 1.165) is 0 Å². The molecule has 0 spiro atoms. The van der Waals surface area contributed by atoms with Gasteiger partial charge in [-0.1, -0.05) is 0 Å². The summed E-state index contributed by atoms with van der Waals surface area (Å²) in [5.41, 5.74) is -1.77. The van der Waals surface area contributed by atoms with Crippen molar-refractivity contribution in [3.63, 3.8) is 0 Å². The molecule has 1 rings (SSSR count). The molecule has 4 unspecified atom stereocenters. The van der Waals surface area contributed by atoms with Gasteiger partial charge in [0, 0.05) is 0 Å². The lowest BCUT2D eigenvalue weighted by Crippen LogP contribution is -2.65. The zero-order valence-electron chi connectivity index (χ0n) is 7.16. The van der Waals surface area contributed by atoms with Gasteiger partial charge in [0.05, 0.1) is 6.61 Å². The summed E-state index contributed by atoms with van der Waals surface area (Å²) in [6.07, 6.45) is -5.82. The van der Waals surface area contributed by atoms with Gasteiger partial charge in [-0.15, -0.1) is 0 Å². The molecular formula is C7H14O6. The molecule has 6 heteroatoms. The fraction of sp³-hybridized carbons (Fsp3) is 1.00. The topological polar surface area (TPSA) is 110 Å². The van der Waals surface area contributed by atoms with E-state index in [1.807, 2.05) is 0 Å². The lowest BCUT2D eigenvalue weighted by atomic mass is 9.86. The first-order chi connectivity index (χ1) is 5.91. The molecule has 0 aliphatic carbocycles. The van der Waals surface area contributed by atoms with Crippen molar-refractivity contribution in [2.45, 2.75) is 37.1 Å². The summed E-state index contributed by atoms with van der Waals surface area (Å²) in [6, 6.07) is 0. The van der Waals surface area contributed by atoms with Crippen LogP contribution in [0.1, 0.15) is 6.92 Å². The minimum absolute atomic E-state index is 0.548. The number of hydrogen-bond donors (Lipinski definition) is 5. The smallest absolute Gasteiger partial charge is 0.184 e. The van der Waals surface area contributed by atoms with E-state index in [1.165, 1.54) is 6.92 Å². The van der Waals surface area contributed by atoms with E-state index in [-0.39, 0.29) is 0 Å². The van der Waals surface area contributed by atoms with Crippen LogP contribution in [0.2, 0.25) is 0 Å². The molecule has 1 fully saturated rings. The zero-order chi connectivity index (χ0) is 10.2. The molecule has 5 atom stereocenters. The summed E-state index contributed by atoms with van der Waals surface area (Å²) in [7, 11) is 0. The normalized spacial score (nSPS) is 52.2. The molecular weight excluding hydrogens is 180 g/mol. The van der Waals surface area contributed by atoms with Crippen LogP contribution in [0.4, 0.5) is 0 Å². The molecule has 13 heavy (non-hydrogen) atoms. The molecule has 1 aliphatic rings. The van der Waals surface area contributed by atoms with Crippen molar-refractivity contribution < 1.29 is 30.3 Å². The van der Waals surface area contributed by atoms with E-state index in [2.05, 4.69) is 4.74 Å². The number of aliphatic hydroxyl groups is 5. The lowest BCUT2D eigenvalue weighted by molar-refractivity contribution is -0.316. The van der Waals surface area contributed by atoms with Crippen molar-refractivity contribution in [1.29, 1.82) is 0 Å². The average Bonchev–Trinajstić information content (AvgIpc) is 2.08. The molecule has 0 aromatic rings. The molecule has 1 saturated heterocycles. The Balaban J connectivity index is 2.82.